The topological polar surface area (TPSA) is 81.5 Å². The fourth-order valence-corrected chi connectivity index (χ4v) is 1.13. The first-order chi connectivity index (χ1) is 7.95. The van der Waals surface area contributed by atoms with Crippen molar-refractivity contribution in [2.45, 2.75) is 0 Å². The van der Waals surface area contributed by atoms with Gasteiger partial charge in [-0.2, -0.15) is 0 Å². The molecule has 6 nitrogen and oxygen atoms in total. The van der Waals surface area contributed by atoms with Crippen LogP contribution in [0.4, 0.5) is 20.2 Å². The summed E-state index contributed by atoms with van der Waals surface area (Å²) in [6.45, 7) is -0.395. The van der Waals surface area contributed by atoms with Gasteiger partial charge in [-0.3, -0.25) is 14.9 Å². The molecular weight excluding hydrogens is 238 g/mol. The Kier molecular flexibility index (Phi) is 4.05. The lowest BCUT2D eigenvalue weighted by molar-refractivity contribution is -0.384. The molecule has 0 spiro atoms. The zero-order chi connectivity index (χ0) is 13.0. The molecule has 1 aromatic carbocycles. The van der Waals surface area contributed by atoms with E-state index in [4.69, 9.17) is 0 Å². The number of nitro groups is 1. The summed E-state index contributed by atoms with van der Waals surface area (Å²) < 4.78 is 30.5. The molecule has 92 valence electrons. The largest absolute Gasteiger partial charge is 0.375 e. The highest BCUT2D eigenvalue weighted by Crippen LogP contribution is 2.28. The average molecular weight is 246 g/mol. The Balaban J connectivity index is 3.12. The molecule has 0 aliphatic rings. The Morgan fingerprint density at radius 3 is 2.71 bits per heavy atom. The lowest BCUT2D eigenvalue weighted by Gasteiger charge is -2.06. The number of hydrogen-bond donors (Lipinski definition) is 1. The predicted molar refractivity (Wildman–Crippen MR) is 53.5 cm³/mol. The summed E-state index contributed by atoms with van der Waals surface area (Å²) in [4.78, 5) is 20.7. The van der Waals surface area contributed by atoms with Gasteiger partial charge >= 0.3 is 0 Å². The Labute approximate surface area is 94.3 Å². The Morgan fingerprint density at radius 2 is 2.18 bits per heavy atom. The number of carbonyl (C=O) groups excluding carboxylic acids is 1. The normalized spacial score (nSPS) is 10.1. The van der Waals surface area contributed by atoms with E-state index in [1.807, 2.05) is 5.32 Å². The van der Waals surface area contributed by atoms with Gasteiger partial charge in [0.15, 0.2) is 11.5 Å². The molecule has 17 heavy (non-hydrogen) atoms. The van der Waals surface area contributed by atoms with Gasteiger partial charge in [0, 0.05) is 13.2 Å². The van der Waals surface area contributed by atoms with Crippen LogP contribution >= 0.6 is 0 Å². The second kappa shape index (κ2) is 5.30. The molecule has 1 N–H and O–H groups in total. The Hall–Kier alpha value is -2.09. The number of nitro benzene ring substituents is 1. The molecule has 0 aliphatic heterocycles. The first kappa shape index (κ1) is 13.0. The van der Waals surface area contributed by atoms with E-state index in [1.165, 1.54) is 7.11 Å². The number of amides is 1. The Morgan fingerprint density at radius 1 is 1.53 bits per heavy atom. The van der Waals surface area contributed by atoms with E-state index in [2.05, 4.69) is 4.74 Å². The second-order valence-corrected chi connectivity index (χ2v) is 3.02. The third-order valence-electron chi connectivity index (χ3n) is 1.77. The third kappa shape index (κ3) is 3.18. The van der Waals surface area contributed by atoms with Gasteiger partial charge in [-0.25, -0.2) is 8.78 Å². The molecule has 0 fully saturated rings. The van der Waals surface area contributed by atoms with E-state index in [-0.39, 0.29) is 0 Å². The summed E-state index contributed by atoms with van der Waals surface area (Å²) in [7, 11) is 1.23. The number of anilines is 1. The number of carbonyl (C=O) groups is 1. The van der Waals surface area contributed by atoms with Crippen molar-refractivity contribution in [2.24, 2.45) is 0 Å². The highest BCUT2D eigenvalue weighted by molar-refractivity contribution is 5.94. The molecule has 0 heterocycles. The maximum Gasteiger partial charge on any atom is 0.298 e. The van der Waals surface area contributed by atoms with Gasteiger partial charge < -0.3 is 10.1 Å². The van der Waals surface area contributed by atoms with Crippen LogP contribution in [0, 0.1) is 21.7 Å². The lowest BCUT2D eigenvalue weighted by Crippen LogP contribution is -2.19. The molecule has 0 aromatic heterocycles. The van der Waals surface area contributed by atoms with Crippen molar-refractivity contribution >= 4 is 17.3 Å². The van der Waals surface area contributed by atoms with Crippen LogP contribution in [-0.2, 0) is 9.53 Å². The molecular formula is C9H8F2N2O4. The molecule has 0 bridgehead atoms. The zero-order valence-electron chi connectivity index (χ0n) is 8.70. The standard InChI is InChI=1S/C9H8F2N2O4/c1-17-4-8(14)12-9-6(11)2-5(10)3-7(9)13(15)16/h2-3H,4H2,1H3,(H,12,14). The van der Waals surface area contributed by atoms with Gasteiger partial charge in [-0.15, -0.1) is 0 Å². The van der Waals surface area contributed by atoms with E-state index < -0.39 is 40.4 Å². The maximum atomic E-state index is 13.3. The van der Waals surface area contributed by atoms with Crippen LogP contribution in [0.2, 0.25) is 0 Å². The van der Waals surface area contributed by atoms with Crippen LogP contribution in [0.15, 0.2) is 12.1 Å². The van der Waals surface area contributed by atoms with E-state index in [0.717, 1.165) is 0 Å². The fourth-order valence-electron chi connectivity index (χ4n) is 1.13. The number of rotatable bonds is 4. The van der Waals surface area contributed by atoms with E-state index in [1.54, 1.807) is 0 Å². The molecule has 0 radical (unpaired) electrons. The molecule has 1 aromatic rings. The summed E-state index contributed by atoms with van der Waals surface area (Å²) >= 11 is 0. The SMILES string of the molecule is COCC(=O)Nc1c(F)cc(F)cc1[N+](=O)[O-]. The number of benzene rings is 1. The summed E-state index contributed by atoms with van der Waals surface area (Å²) in [5.41, 5.74) is -1.54. The summed E-state index contributed by atoms with van der Waals surface area (Å²) in [5, 5.41) is 12.5. The molecule has 0 unspecified atom stereocenters. The van der Waals surface area contributed by atoms with Gasteiger partial charge in [-0.1, -0.05) is 0 Å². The van der Waals surface area contributed by atoms with Gasteiger partial charge in [0.05, 0.1) is 11.0 Å². The smallest absolute Gasteiger partial charge is 0.298 e. The van der Waals surface area contributed by atoms with Gasteiger partial charge in [-0.05, 0) is 0 Å². The van der Waals surface area contributed by atoms with Gasteiger partial charge in [0.25, 0.3) is 11.6 Å². The van der Waals surface area contributed by atoms with Crippen LogP contribution in [0.5, 0.6) is 0 Å². The highest BCUT2D eigenvalue weighted by atomic mass is 19.1. The first-order valence-corrected chi connectivity index (χ1v) is 4.38. The number of nitrogens with zero attached hydrogens (tertiary/aromatic N) is 1. The van der Waals surface area contributed by atoms with Crippen molar-refractivity contribution in [3.63, 3.8) is 0 Å². The van der Waals surface area contributed by atoms with Crippen molar-refractivity contribution in [2.75, 3.05) is 19.0 Å². The summed E-state index contributed by atoms with van der Waals surface area (Å²) in [5.74, 6) is -3.10. The number of halogens is 2. The predicted octanol–water partition coefficient (Wildman–Crippen LogP) is 1.46. The quantitative estimate of drug-likeness (QED) is 0.644. The third-order valence-corrected chi connectivity index (χ3v) is 1.77. The summed E-state index contributed by atoms with van der Waals surface area (Å²) in [6, 6.07) is 0.959. The van der Waals surface area contributed by atoms with Crippen LogP contribution in [-0.4, -0.2) is 24.5 Å². The molecule has 0 atom stereocenters. The minimum Gasteiger partial charge on any atom is -0.375 e. The average Bonchev–Trinajstić information content (AvgIpc) is 2.21. The minimum absolute atomic E-state index is 0.395. The number of methoxy groups -OCH3 is 1. The van der Waals surface area contributed by atoms with Crippen molar-refractivity contribution in [3.05, 3.63) is 33.9 Å². The van der Waals surface area contributed by atoms with E-state index in [0.29, 0.717) is 12.1 Å². The highest BCUT2D eigenvalue weighted by Gasteiger charge is 2.22. The van der Waals surface area contributed by atoms with Crippen molar-refractivity contribution in [1.29, 1.82) is 0 Å². The Bertz CT molecular complexity index is 465. The minimum atomic E-state index is -1.22. The molecule has 0 saturated carbocycles. The molecule has 1 rings (SSSR count). The van der Waals surface area contributed by atoms with Crippen molar-refractivity contribution < 1.29 is 23.2 Å². The van der Waals surface area contributed by atoms with Gasteiger partial charge in [0.1, 0.15) is 12.4 Å². The lowest BCUT2D eigenvalue weighted by atomic mass is 10.2. The molecule has 0 saturated heterocycles. The number of ether oxygens (including phenoxy) is 1. The van der Waals surface area contributed by atoms with Crippen LogP contribution in [0.25, 0.3) is 0 Å². The second-order valence-electron chi connectivity index (χ2n) is 3.02. The van der Waals surface area contributed by atoms with Crippen LogP contribution in [0.3, 0.4) is 0 Å². The zero-order valence-corrected chi connectivity index (χ0v) is 8.70. The molecule has 1 amide bonds. The molecule has 8 heteroatoms. The van der Waals surface area contributed by atoms with Crippen LogP contribution in [0.1, 0.15) is 0 Å². The number of hydrogen-bond acceptors (Lipinski definition) is 4. The van der Waals surface area contributed by atoms with Crippen molar-refractivity contribution in [1.82, 2.24) is 0 Å². The molecule has 0 aliphatic carbocycles. The monoisotopic (exact) mass is 246 g/mol. The van der Waals surface area contributed by atoms with Gasteiger partial charge in [0.2, 0.25) is 0 Å². The summed E-state index contributed by atoms with van der Waals surface area (Å²) in [6.07, 6.45) is 0. The van der Waals surface area contributed by atoms with E-state index in [9.17, 15) is 23.7 Å². The maximum absolute atomic E-state index is 13.3. The first-order valence-electron chi connectivity index (χ1n) is 4.38. The fraction of sp³-hybridized carbons (Fsp3) is 0.222. The van der Waals surface area contributed by atoms with E-state index >= 15 is 0 Å². The number of nitrogens with one attached hydrogen (secondary N) is 1. The van der Waals surface area contributed by atoms with Crippen molar-refractivity contribution in [3.8, 4) is 0 Å². The van der Waals surface area contributed by atoms with Crippen LogP contribution < -0.4 is 5.32 Å².